The number of nitrogens with zero attached hydrogens (tertiary/aromatic N) is 3. The Bertz CT molecular complexity index is 1460. The third-order valence-corrected chi connectivity index (χ3v) is 6.97. The van der Waals surface area contributed by atoms with Crippen LogP contribution in [0, 0.1) is 6.92 Å². The number of aromatic amines is 1. The monoisotopic (exact) mass is 485 g/mol. The highest BCUT2D eigenvalue weighted by Crippen LogP contribution is 2.43. The van der Waals surface area contributed by atoms with Crippen LogP contribution in [0.2, 0.25) is 0 Å². The van der Waals surface area contributed by atoms with Crippen molar-refractivity contribution in [1.29, 1.82) is 0 Å². The molecular formula is C26H23N5O3S. The summed E-state index contributed by atoms with van der Waals surface area (Å²) in [5.41, 5.74) is 3.39. The number of aromatic nitrogens is 4. The average molecular weight is 486 g/mol. The lowest BCUT2D eigenvalue weighted by atomic mass is 9.93. The molecular weight excluding hydrogens is 462 g/mol. The smallest absolute Gasteiger partial charge is 0.272 e. The number of fused-ring (bicyclic) bond motifs is 1. The molecule has 8 nitrogen and oxygen atoms in total. The maximum atomic E-state index is 13.1. The van der Waals surface area contributed by atoms with E-state index < -0.39 is 0 Å². The number of methoxy groups -OCH3 is 1. The molecule has 9 heteroatoms. The lowest BCUT2D eigenvalue weighted by Crippen LogP contribution is -2.12. The van der Waals surface area contributed by atoms with Gasteiger partial charge in [0.2, 0.25) is 0 Å². The van der Waals surface area contributed by atoms with Crippen molar-refractivity contribution in [3.63, 3.8) is 0 Å². The van der Waals surface area contributed by atoms with Crippen LogP contribution in [0.1, 0.15) is 39.2 Å². The molecule has 2 N–H and O–H groups in total. The molecule has 0 aliphatic carbocycles. The molecule has 0 saturated carbocycles. The number of nitrogens with one attached hydrogen (secondary N) is 2. The number of anilines is 1. The van der Waals surface area contributed by atoms with Gasteiger partial charge in [-0.1, -0.05) is 54.5 Å². The molecule has 0 fully saturated rings. The molecule has 3 aromatic carbocycles. The number of carbonyl (C=O) groups is 1. The summed E-state index contributed by atoms with van der Waals surface area (Å²) in [5, 5.41) is 16.9. The van der Waals surface area contributed by atoms with E-state index in [0.717, 1.165) is 21.4 Å². The third kappa shape index (κ3) is 4.58. The number of benzene rings is 3. The number of thiophene rings is 1. The summed E-state index contributed by atoms with van der Waals surface area (Å²) in [6.07, 6.45) is 0. The first-order valence-electron chi connectivity index (χ1n) is 11.0. The second-order valence-electron chi connectivity index (χ2n) is 8.07. The second kappa shape index (κ2) is 9.55. The van der Waals surface area contributed by atoms with Gasteiger partial charge in [0.15, 0.2) is 5.75 Å². The molecule has 0 saturated heterocycles. The van der Waals surface area contributed by atoms with Crippen molar-refractivity contribution in [2.45, 2.75) is 19.8 Å². The quantitative estimate of drug-likeness (QED) is 0.296. The van der Waals surface area contributed by atoms with E-state index in [2.05, 4.69) is 45.0 Å². The minimum Gasteiger partial charge on any atom is -0.496 e. The van der Waals surface area contributed by atoms with Gasteiger partial charge in [0, 0.05) is 16.0 Å². The zero-order chi connectivity index (χ0) is 24.4. The summed E-state index contributed by atoms with van der Waals surface area (Å²) < 4.78 is 12.7. The Balaban J connectivity index is 1.50. The van der Waals surface area contributed by atoms with E-state index in [-0.39, 0.29) is 17.8 Å². The van der Waals surface area contributed by atoms with Gasteiger partial charge >= 0.3 is 0 Å². The first-order valence-corrected chi connectivity index (χ1v) is 11.8. The number of aryl methyl sites for hydroxylation is 1. The fraction of sp³-hybridized carbons (Fsp3) is 0.154. The molecule has 1 atom stereocenters. The third-order valence-electron chi connectivity index (χ3n) is 5.84. The Hall–Kier alpha value is -4.24. The fourth-order valence-electron chi connectivity index (χ4n) is 3.92. The van der Waals surface area contributed by atoms with Crippen molar-refractivity contribution in [1.82, 2.24) is 20.6 Å². The molecule has 0 bridgehead atoms. The van der Waals surface area contributed by atoms with Gasteiger partial charge in [-0.3, -0.25) is 10.1 Å². The van der Waals surface area contributed by atoms with Crippen LogP contribution < -0.4 is 14.8 Å². The molecule has 5 aromatic rings. The van der Waals surface area contributed by atoms with Crippen molar-refractivity contribution in [3.8, 4) is 17.2 Å². The standard InChI is InChI=1S/C26H23N5O3S/c1-15-13-22-20(14-21(15)33-3)23(24(35-22)25(32)27-26-28-30-31-29-26)34-19-11-9-18(10-12-19)16(2)17-7-5-4-6-8-17/h4-14,16H,1-3H3,(H2,27,28,29,30,31,32). The van der Waals surface area contributed by atoms with Crippen molar-refractivity contribution < 1.29 is 14.3 Å². The van der Waals surface area contributed by atoms with E-state index in [0.29, 0.717) is 16.4 Å². The Morgan fingerprint density at radius 2 is 1.80 bits per heavy atom. The predicted octanol–water partition coefficient (Wildman–Crippen LogP) is 5.93. The molecule has 1 unspecified atom stereocenters. The zero-order valence-electron chi connectivity index (χ0n) is 19.4. The summed E-state index contributed by atoms with van der Waals surface area (Å²) in [7, 11) is 1.62. The number of rotatable bonds is 7. The number of carbonyl (C=O) groups excluding carboxylic acids is 1. The van der Waals surface area contributed by atoms with E-state index >= 15 is 0 Å². The molecule has 2 aromatic heterocycles. The molecule has 5 rings (SSSR count). The molecule has 176 valence electrons. The van der Waals surface area contributed by atoms with Crippen molar-refractivity contribution in [2.24, 2.45) is 0 Å². The molecule has 0 aliphatic rings. The molecule has 1 amide bonds. The highest BCUT2D eigenvalue weighted by molar-refractivity contribution is 7.21. The van der Waals surface area contributed by atoms with Crippen molar-refractivity contribution >= 4 is 33.3 Å². The van der Waals surface area contributed by atoms with E-state index in [1.165, 1.54) is 22.5 Å². The summed E-state index contributed by atoms with van der Waals surface area (Å²) in [4.78, 5) is 13.5. The highest BCUT2D eigenvalue weighted by Gasteiger charge is 2.23. The van der Waals surface area contributed by atoms with Crippen LogP contribution in [-0.2, 0) is 0 Å². The van der Waals surface area contributed by atoms with Crippen LogP contribution in [0.5, 0.6) is 17.2 Å². The van der Waals surface area contributed by atoms with Gasteiger partial charge in [-0.05, 0) is 53.1 Å². The zero-order valence-corrected chi connectivity index (χ0v) is 20.2. The first-order chi connectivity index (χ1) is 17.0. The van der Waals surface area contributed by atoms with Crippen LogP contribution in [0.3, 0.4) is 0 Å². The van der Waals surface area contributed by atoms with E-state index in [9.17, 15) is 4.79 Å². The number of hydrogen-bond acceptors (Lipinski definition) is 7. The van der Waals surface area contributed by atoms with Gasteiger partial charge in [-0.25, -0.2) is 0 Å². The van der Waals surface area contributed by atoms with Gasteiger partial charge in [0.05, 0.1) is 7.11 Å². The largest absolute Gasteiger partial charge is 0.496 e. The van der Waals surface area contributed by atoms with Crippen LogP contribution in [0.15, 0.2) is 66.7 Å². The first kappa shape index (κ1) is 22.5. The van der Waals surface area contributed by atoms with Crippen LogP contribution in [0.4, 0.5) is 5.95 Å². The number of ether oxygens (including phenoxy) is 2. The van der Waals surface area contributed by atoms with E-state index in [4.69, 9.17) is 9.47 Å². The fourth-order valence-corrected chi connectivity index (χ4v) is 5.03. The Morgan fingerprint density at radius 1 is 1.06 bits per heavy atom. The van der Waals surface area contributed by atoms with Gasteiger partial charge in [-0.15, -0.1) is 16.4 Å². The Labute approximate surface area is 205 Å². The molecule has 0 aliphatic heterocycles. The van der Waals surface area contributed by atoms with Gasteiger partial charge < -0.3 is 9.47 Å². The summed E-state index contributed by atoms with van der Waals surface area (Å²) >= 11 is 1.33. The SMILES string of the molecule is COc1cc2c(Oc3ccc(C(C)c4ccccc4)cc3)c(C(=O)Nc3nn[nH]n3)sc2cc1C. The summed E-state index contributed by atoms with van der Waals surface area (Å²) in [6.45, 7) is 4.14. The van der Waals surface area contributed by atoms with Crippen molar-refractivity contribution in [2.75, 3.05) is 12.4 Å². The molecule has 0 radical (unpaired) electrons. The number of H-pyrrole nitrogens is 1. The van der Waals surface area contributed by atoms with E-state index in [1.54, 1.807) is 7.11 Å². The summed E-state index contributed by atoms with van der Waals surface area (Å²) in [5.74, 6) is 1.75. The number of hydrogen-bond donors (Lipinski definition) is 2. The van der Waals surface area contributed by atoms with Gasteiger partial charge in [-0.2, -0.15) is 5.21 Å². The maximum absolute atomic E-state index is 13.1. The van der Waals surface area contributed by atoms with E-state index in [1.807, 2.05) is 61.5 Å². The number of amides is 1. The van der Waals surface area contributed by atoms with Crippen molar-refractivity contribution in [3.05, 3.63) is 88.3 Å². The lowest BCUT2D eigenvalue weighted by molar-refractivity contribution is 0.102. The van der Waals surface area contributed by atoms with Crippen LogP contribution >= 0.6 is 11.3 Å². The second-order valence-corrected chi connectivity index (χ2v) is 9.12. The normalized spacial score (nSPS) is 11.9. The number of tetrazole rings is 1. The minimum atomic E-state index is -0.381. The Morgan fingerprint density at radius 3 is 2.49 bits per heavy atom. The highest BCUT2D eigenvalue weighted by atomic mass is 32.1. The molecule has 35 heavy (non-hydrogen) atoms. The topological polar surface area (TPSA) is 102 Å². The Kier molecular flexibility index (Phi) is 6.15. The minimum absolute atomic E-state index is 0.0893. The average Bonchev–Trinajstić information content (AvgIpc) is 3.52. The summed E-state index contributed by atoms with van der Waals surface area (Å²) in [6, 6.07) is 22.2. The van der Waals surface area contributed by atoms with Gasteiger partial charge in [0.1, 0.15) is 16.4 Å². The predicted molar refractivity (Wildman–Crippen MR) is 136 cm³/mol. The molecule has 0 spiro atoms. The molecule has 2 heterocycles. The van der Waals surface area contributed by atoms with Gasteiger partial charge in [0.25, 0.3) is 11.9 Å². The van der Waals surface area contributed by atoms with Crippen LogP contribution in [-0.4, -0.2) is 33.6 Å². The lowest BCUT2D eigenvalue weighted by Gasteiger charge is -2.14. The van der Waals surface area contributed by atoms with Crippen LogP contribution in [0.25, 0.3) is 10.1 Å². The maximum Gasteiger partial charge on any atom is 0.272 e.